The van der Waals surface area contributed by atoms with Gasteiger partial charge in [0, 0.05) is 10.8 Å². The summed E-state index contributed by atoms with van der Waals surface area (Å²) in [6.45, 7) is 6.13. The van der Waals surface area contributed by atoms with Crippen molar-refractivity contribution >= 4 is 38.3 Å². The Bertz CT molecular complexity index is 649. The van der Waals surface area contributed by atoms with Crippen molar-refractivity contribution in [1.82, 2.24) is 4.98 Å². The summed E-state index contributed by atoms with van der Waals surface area (Å²) in [5.41, 5.74) is 0.805. The number of carbonyl (C=O) groups excluding carboxylic acids is 1. The van der Waals surface area contributed by atoms with Gasteiger partial charge in [0.2, 0.25) is 0 Å². The Kier molecular flexibility index (Phi) is 4.25. The molecule has 1 heterocycles. The van der Waals surface area contributed by atoms with Gasteiger partial charge in [-0.2, -0.15) is 0 Å². The summed E-state index contributed by atoms with van der Waals surface area (Å²) in [4.78, 5) is 16.4. The number of nitrogens with one attached hydrogen (secondary N) is 1. The van der Waals surface area contributed by atoms with E-state index in [4.69, 9.17) is 0 Å². The van der Waals surface area contributed by atoms with E-state index < -0.39 is 11.7 Å². The molecule has 0 saturated heterocycles. The summed E-state index contributed by atoms with van der Waals surface area (Å²) in [6.07, 6.45) is 0. The molecule has 0 aliphatic heterocycles. The number of hydrogen-bond acceptors (Lipinski definition) is 3. The lowest BCUT2D eigenvalue weighted by atomic mass is 9.93. The zero-order valence-corrected chi connectivity index (χ0v) is 13.7. The second-order valence-electron chi connectivity index (χ2n) is 5.34. The maximum atomic E-state index is 13.8. The van der Waals surface area contributed by atoms with Crippen molar-refractivity contribution in [2.75, 3.05) is 5.32 Å². The molecule has 106 valence electrons. The Hall–Kier alpha value is -1.27. The molecule has 0 saturated carbocycles. The Labute approximate surface area is 129 Å². The van der Waals surface area contributed by atoms with Crippen LogP contribution in [0.25, 0.3) is 0 Å². The molecule has 6 heteroatoms. The second kappa shape index (κ2) is 5.61. The summed E-state index contributed by atoms with van der Waals surface area (Å²) in [6, 6.07) is 4.60. The molecule has 2 aromatic rings. The molecule has 1 aromatic carbocycles. The molecule has 2 rings (SSSR count). The lowest BCUT2D eigenvalue weighted by Gasteiger charge is -2.14. The molecular weight excluding hydrogens is 343 g/mol. The van der Waals surface area contributed by atoms with Crippen LogP contribution in [0.4, 0.5) is 9.52 Å². The normalized spacial score (nSPS) is 11.4. The van der Waals surface area contributed by atoms with Crippen molar-refractivity contribution in [3.63, 3.8) is 0 Å². The first-order valence-electron chi connectivity index (χ1n) is 6.00. The van der Waals surface area contributed by atoms with Crippen molar-refractivity contribution in [2.45, 2.75) is 26.2 Å². The average Bonchev–Trinajstić information content (AvgIpc) is 2.81. The van der Waals surface area contributed by atoms with Crippen LogP contribution >= 0.6 is 27.3 Å². The quantitative estimate of drug-likeness (QED) is 0.854. The van der Waals surface area contributed by atoms with E-state index in [-0.39, 0.29) is 15.5 Å². The Morgan fingerprint density at radius 1 is 1.40 bits per heavy atom. The number of rotatable bonds is 2. The number of carbonyl (C=O) groups is 1. The Morgan fingerprint density at radius 3 is 2.70 bits per heavy atom. The number of thiazole rings is 1. The van der Waals surface area contributed by atoms with Crippen LogP contribution in [0.5, 0.6) is 0 Å². The summed E-state index contributed by atoms with van der Waals surface area (Å²) in [5.74, 6) is -1.07. The summed E-state index contributed by atoms with van der Waals surface area (Å²) < 4.78 is 14.1. The monoisotopic (exact) mass is 356 g/mol. The van der Waals surface area contributed by atoms with Crippen LogP contribution in [-0.4, -0.2) is 10.9 Å². The van der Waals surface area contributed by atoms with Crippen molar-refractivity contribution in [2.24, 2.45) is 0 Å². The summed E-state index contributed by atoms with van der Waals surface area (Å²) in [7, 11) is 0. The van der Waals surface area contributed by atoms with Crippen molar-refractivity contribution in [3.8, 4) is 0 Å². The molecule has 0 aliphatic rings. The van der Waals surface area contributed by atoms with Gasteiger partial charge in [-0.25, -0.2) is 9.37 Å². The Morgan fingerprint density at radius 2 is 2.10 bits per heavy atom. The predicted molar refractivity (Wildman–Crippen MR) is 82.9 cm³/mol. The fraction of sp³-hybridized carbons (Fsp3) is 0.286. The third-order valence-electron chi connectivity index (χ3n) is 2.69. The van der Waals surface area contributed by atoms with E-state index in [1.165, 1.54) is 17.4 Å². The molecule has 0 fully saturated rings. The van der Waals surface area contributed by atoms with E-state index in [2.05, 4.69) is 26.2 Å². The fourth-order valence-corrected chi connectivity index (χ4v) is 2.82. The highest BCUT2D eigenvalue weighted by Gasteiger charge is 2.19. The molecule has 0 spiro atoms. The number of halogens is 2. The zero-order chi connectivity index (χ0) is 14.9. The van der Waals surface area contributed by atoms with Gasteiger partial charge >= 0.3 is 0 Å². The van der Waals surface area contributed by atoms with Crippen molar-refractivity contribution < 1.29 is 9.18 Å². The number of hydrogen-bond donors (Lipinski definition) is 1. The highest BCUT2D eigenvalue weighted by atomic mass is 79.9. The van der Waals surface area contributed by atoms with Gasteiger partial charge in [0.25, 0.3) is 5.91 Å². The number of amides is 1. The highest BCUT2D eigenvalue weighted by Crippen LogP contribution is 2.27. The van der Waals surface area contributed by atoms with Crippen molar-refractivity contribution in [3.05, 3.63) is 45.1 Å². The molecule has 20 heavy (non-hydrogen) atoms. The zero-order valence-electron chi connectivity index (χ0n) is 11.3. The molecule has 0 bridgehead atoms. The third-order valence-corrected chi connectivity index (χ3v) is 4.06. The van der Waals surface area contributed by atoms with E-state index >= 15 is 0 Å². The first kappa shape index (κ1) is 15.1. The molecular formula is C14H14BrFN2OS. The summed E-state index contributed by atoms with van der Waals surface area (Å²) >= 11 is 4.39. The van der Waals surface area contributed by atoms with E-state index in [0.717, 1.165) is 5.69 Å². The van der Waals surface area contributed by atoms with Crippen LogP contribution in [0.1, 0.15) is 36.8 Å². The minimum atomic E-state index is -0.572. The van der Waals surface area contributed by atoms with E-state index in [0.29, 0.717) is 5.13 Å². The molecule has 0 unspecified atom stereocenters. The fourth-order valence-electron chi connectivity index (χ4n) is 1.52. The van der Waals surface area contributed by atoms with Crippen LogP contribution < -0.4 is 5.32 Å². The molecule has 1 N–H and O–H groups in total. The maximum Gasteiger partial charge on any atom is 0.260 e. The van der Waals surface area contributed by atoms with Crippen LogP contribution in [0.3, 0.4) is 0 Å². The number of anilines is 1. The van der Waals surface area contributed by atoms with Gasteiger partial charge in [0.15, 0.2) is 5.13 Å². The largest absolute Gasteiger partial charge is 0.298 e. The SMILES string of the molecule is CC(C)(C)c1csc(NC(=O)c2cccc(Br)c2F)n1. The molecule has 1 amide bonds. The van der Waals surface area contributed by atoms with Crippen LogP contribution in [0.2, 0.25) is 0 Å². The summed E-state index contributed by atoms with van der Waals surface area (Å²) in [5, 5.41) is 4.99. The molecule has 0 atom stereocenters. The first-order valence-corrected chi connectivity index (χ1v) is 7.67. The second-order valence-corrected chi connectivity index (χ2v) is 7.06. The van der Waals surface area contributed by atoms with Gasteiger partial charge < -0.3 is 0 Å². The number of nitrogens with zero attached hydrogens (tertiary/aromatic N) is 1. The van der Waals surface area contributed by atoms with Gasteiger partial charge in [-0.15, -0.1) is 11.3 Å². The topological polar surface area (TPSA) is 42.0 Å². The standard InChI is InChI=1S/C14H14BrFN2OS/c1-14(2,3)10-7-20-13(17-10)18-12(19)8-5-4-6-9(15)11(8)16/h4-7H,1-3H3,(H,17,18,19). The van der Waals surface area contributed by atoms with Gasteiger partial charge in [-0.05, 0) is 28.1 Å². The van der Waals surface area contributed by atoms with E-state index in [1.807, 2.05) is 26.2 Å². The minimum absolute atomic E-state index is 0.00752. The van der Waals surface area contributed by atoms with E-state index in [1.54, 1.807) is 12.1 Å². The molecule has 1 aromatic heterocycles. The van der Waals surface area contributed by atoms with Gasteiger partial charge in [0.1, 0.15) is 5.82 Å². The smallest absolute Gasteiger partial charge is 0.260 e. The molecule has 0 aliphatic carbocycles. The number of benzene rings is 1. The first-order chi connectivity index (χ1) is 9.29. The Balaban J connectivity index is 2.20. The van der Waals surface area contributed by atoms with E-state index in [9.17, 15) is 9.18 Å². The van der Waals surface area contributed by atoms with Gasteiger partial charge in [-0.3, -0.25) is 10.1 Å². The number of aromatic nitrogens is 1. The average molecular weight is 357 g/mol. The van der Waals surface area contributed by atoms with Gasteiger partial charge in [0.05, 0.1) is 15.7 Å². The van der Waals surface area contributed by atoms with Gasteiger partial charge in [-0.1, -0.05) is 26.8 Å². The molecule has 0 radical (unpaired) electrons. The van der Waals surface area contributed by atoms with Crippen LogP contribution in [-0.2, 0) is 5.41 Å². The lowest BCUT2D eigenvalue weighted by molar-refractivity contribution is 0.102. The van der Waals surface area contributed by atoms with Crippen molar-refractivity contribution in [1.29, 1.82) is 0 Å². The lowest BCUT2D eigenvalue weighted by Crippen LogP contribution is -2.15. The maximum absolute atomic E-state index is 13.8. The van der Waals surface area contributed by atoms with Crippen LogP contribution in [0.15, 0.2) is 28.1 Å². The molecule has 3 nitrogen and oxygen atoms in total. The highest BCUT2D eigenvalue weighted by molar-refractivity contribution is 9.10. The third kappa shape index (κ3) is 3.24. The van der Waals surface area contributed by atoms with Crippen LogP contribution in [0, 0.1) is 5.82 Å². The predicted octanol–water partition coefficient (Wildman–Crippen LogP) is 4.59. The minimum Gasteiger partial charge on any atom is -0.298 e.